The van der Waals surface area contributed by atoms with Crippen LogP contribution in [0.1, 0.15) is 29.4 Å². The number of benzene rings is 1. The summed E-state index contributed by atoms with van der Waals surface area (Å²) in [5.41, 5.74) is 2.14. The third-order valence-corrected chi connectivity index (χ3v) is 3.61. The zero-order valence-corrected chi connectivity index (χ0v) is 12.7. The summed E-state index contributed by atoms with van der Waals surface area (Å²) in [6.07, 6.45) is 0.667. The number of hydrogen-bond donors (Lipinski definition) is 1. The lowest BCUT2D eigenvalue weighted by Gasteiger charge is -1.93. The maximum Gasteiger partial charge on any atom is 0.354 e. The molecule has 0 atom stereocenters. The molecule has 0 radical (unpaired) electrons. The molecule has 21 heavy (non-hydrogen) atoms. The Labute approximate surface area is 127 Å². The SMILES string of the molecule is COC(=O)c1cc2ccc(C#CCCSC(C)=O)cc2[nH]1. The van der Waals surface area contributed by atoms with E-state index in [1.165, 1.54) is 18.9 Å². The predicted octanol–water partition coefficient (Wildman–Crippen LogP) is 2.98. The molecule has 0 aliphatic carbocycles. The van der Waals surface area contributed by atoms with Crippen LogP contribution in [0.25, 0.3) is 10.9 Å². The largest absolute Gasteiger partial charge is 0.464 e. The van der Waals surface area contributed by atoms with Crippen molar-refractivity contribution in [2.45, 2.75) is 13.3 Å². The average Bonchev–Trinajstić information content (AvgIpc) is 2.88. The minimum Gasteiger partial charge on any atom is -0.464 e. The normalized spacial score (nSPS) is 10.0. The van der Waals surface area contributed by atoms with E-state index in [1.54, 1.807) is 13.0 Å². The Bertz CT molecular complexity index is 737. The summed E-state index contributed by atoms with van der Waals surface area (Å²) in [6, 6.07) is 7.46. The molecule has 0 saturated carbocycles. The van der Waals surface area contributed by atoms with Crippen molar-refractivity contribution in [3.63, 3.8) is 0 Å². The maximum absolute atomic E-state index is 11.5. The molecule has 4 nitrogen and oxygen atoms in total. The fourth-order valence-corrected chi connectivity index (χ4v) is 2.33. The van der Waals surface area contributed by atoms with Crippen LogP contribution in [0.5, 0.6) is 0 Å². The number of H-pyrrole nitrogens is 1. The summed E-state index contributed by atoms with van der Waals surface area (Å²) < 4.78 is 4.68. The molecule has 0 saturated heterocycles. The van der Waals surface area contributed by atoms with Crippen LogP contribution in [0.3, 0.4) is 0 Å². The lowest BCUT2D eigenvalue weighted by atomic mass is 10.1. The fraction of sp³-hybridized carbons (Fsp3) is 0.250. The van der Waals surface area contributed by atoms with Crippen LogP contribution in [0.4, 0.5) is 0 Å². The van der Waals surface area contributed by atoms with Crippen LogP contribution >= 0.6 is 11.8 Å². The topological polar surface area (TPSA) is 59.2 Å². The van der Waals surface area contributed by atoms with E-state index in [1.807, 2.05) is 18.2 Å². The Morgan fingerprint density at radius 1 is 1.33 bits per heavy atom. The standard InChI is InChI=1S/C16H15NO3S/c1-11(18)21-8-4-3-5-12-6-7-13-10-15(16(19)20-2)17-14(13)9-12/h6-7,9-10,17H,4,8H2,1-2H3. The van der Waals surface area contributed by atoms with Crippen molar-refractivity contribution in [2.75, 3.05) is 12.9 Å². The Morgan fingerprint density at radius 2 is 2.14 bits per heavy atom. The van der Waals surface area contributed by atoms with Crippen molar-refractivity contribution in [1.82, 2.24) is 4.98 Å². The number of aromatic nitrogens is 1. The number of fused-ring (bicyclic) bond motifs is 1. The second-order valence-corrected chi connectivity index (χ2v) is 5.64. The first-order valence-electron chi connectivity index (χ1n) is 6.43. The van der Waals surface area contributed by atoms with Crippen molar-refractivity contribution in [3.05, 3.63) is 35.5 Å². The Hall–Kier alpha value is -2.19. The van der Waals surface area contributed by atoms with Crippen LogP contribution < -0.4 is 0 Å². The zero-order valence-electron chi connectivity index (χ0n) is 11.9. The first-order valence-corrected chi connectivity index (χ1v) is 7.42. The molecular formula is C16H15NO3S. The lowest BCUT2D eigenvalue weighted by Crippen LogP contribution is -2.00. The highest BCUT2D eigenvalue weighted by Gasteiger charge is 2.08. The molecule has 2 aromatic rings. The molecule has 2 rings (SSSR count). The Kier molecular flexibility index (Phi) is 5.07. The number of rotatable bonds is 3. The number of ether oxygens (including phenoxy) is 1. The first-order chi connectivity index (χ1) is 10.1. The summed E-state index contributed by atoms with van der Waals surface area (Å²) >= 11 is 1.28. The number of esters is 1. The summed E-state index contributed by atoms with van der Waals surface area (Å²) in [4.78, 5) is 25.2. The molecule has 1 heterocycles. The van der Waals surface area contributed by atoms with Gasteiger partial charge in [0.25, 0.3) is 0 Å². The van der Waals surface area contributed by atoms with Gasteiger partial charge in [-0.2, -0.15) is 0 Å². The van der Waals surface area contributed by atoms with E-state index >= 15 is 0 Å². The van der Waals surface area contributed by atoms with Gasteiger partial charge in [-0.05, 0) is 18.2 Å². The molecule has 5 heteroatoms. The summed E-state index contributed by atoms with van der Waals surface area (Å²) in [5.74, 6) is 6.41. The molecule has 0 fully saturated rings. The quantitative estimate of drug-likeness (QED) is 0.538. The van der Waals surface area contributed by atoms with Gasteiger partial charge in [-0.3, -0.25) is 4.79 Å². The number of nitrogens with one attached hydrogen (secondary N) is 1. The third-order valence-electron chi connectivity index (χ3n) is 2.79. The van der Waals surface area contributed by atoms with E-state index in [0.29, 0.717) is 17.9 Å². The van der Waals surface area contributed by atoms with Gasteiger partial charge in [0.1, 0.15) is 5.69 Å². The van der Waals surface area contributed by atoms with Crippen LogP contribution in [0.2, 0.25) is 0 Å². The second-order valence-electron chi connectivity index (χ2n) is 4.37. The number of carbonyl (C=O) groups excluding carboxylic acids is 2. The van der Waals surface area contributed by atoms with E-state index in [-0.39, 0.29) is 11.1 Å². The number of hydrogen-bond acceptors (Lipinski definition) is 4. The van der Waals surface area contributed by atoms with Crippen molar-refractivity contribution in [2.24, 2.45) is 0 Å². The average molecular weight is 301 g/mol. The fourth-order valence-electron chi connectivity index (χ4n) is 1.84. The van der Waals surface area contributed by atoms with Gasteiger partial charge >= 0.3 is 5.97 Å². The van der Waals surface area contributed by atoms with Crippen molar-refractivity contribution < 1.29 is 14.3 Å². The van der Waals surface area contributed by atoms with Crippen LogP contribution in [0.15, 0.2) is 24.3 Å². The van der Waals surface area contributed by atoms with Gasteiger partial charge in [0.2, 0.25) is 0 Å². The minimum absolute atomic E-state index is 0.111. The van der Waals surface area contributed by atoms with E-state index < -0.39 is 0 Å². The molecule has 1 N–H and O–H groups in total. The van der Waals surface area contributed by atoms with Crippen LogP contribution in [-0.2, 0) is 9.53 Å². The zero-order chi connectivity index (χ0) is 15.2. The second kappa shape index (κ2) is 7.00. The van der Waals surface area contributed by atoms with Crippen molar-refractivity contribution >= 4 is 33.7 Å². The van der Waals surface area contributed by atoms with Gasteiger partial charge in [0.05, 0.1) is 7.11 Å². The van der Waals surface area contributed by atoms with Gasteiger partial charge in [0, 0.05) is 35.6 Å². The van der Waals surface area contributed by atoms with E-state index in [2.05, 4.69) is 21.6 Å². The van der Waals surface area contributed by atoms with Crippen LogP contribution in [0, 0.1) is 11.8 Å². The highest BCUT2D eigenvalue weighted by molar-refractivity contribution is 8.13. The van der Waals surface area contributed by atoms with Crippen molar-refractivity contribution in [1.29, 1.82) is 0 Å². The minimum atomic E-state index is -0.389. The number of aromatic amines is 1. The van der Waals surface area contributed by atoms with E-state index in [9.17, 15) is 9.59 Å². The Morgan fingerprint density at radius 3 is 2.86 bits per heavy atom. The monoisotopic (exact) mass is 301 g/mol. The van der Waals surface area contributed by atoms with Gasteiger partial charge in [-0.25, -0.2) is 4.79 Å². The van der Waals surface area contributed by atoms with E-state index in [0.717, 1.165) is 16.5 Å². The summed E-state index contributed by atoms with van der Waals surface area (Å²) in [5, 5.41) is 1.05. The highest BCUT2D eigenvalue weighted by Crippen LogP contribution is 2.17. The lowest BCUT2D eigenvalue weighted by molar-refractivity contribution is -0.109. The molecule has 0 bridgehead atoms. The van der Waals surface area contributed by atoms with E-state index in [4.69, 9.17) is 0 Å². The number of thioether (sulfide) groups is 1. The molecule has 1 aromatic carbocycles. The molecule has 0 spiro atoms. The maximum atomic E-state index is 11.5. The van der Waals surface area contributed by atoms with Crippen molar-refractivity contribution in [3.8, 4) is 11.8 Å². The number of methoxy groups -OCH3 is 1. The Balaban J connectivity index is 2.10. The molecular weight excluding hydrogens is 286 g/mol. The molecule has 0 aliphatic rings. The molecule has 0 amide bonds. The summed E-state index contributed by atoms with van der Waals surface area (Å²) in [6.45, 7) is 1.55. The molecule has 0 unspecified atom stereocenters. The molecule has 0 aliphatic heterocycles. The molecule has 1 aromatic heterocycles. The predicted molar refractivity (Wildman–Crippen MR) is 84.3 cm³/mol. The smallest absolute Gasteiger partial charge is 0.354 e. The number of carbonyl (C=O) groups is 2. The van der Waals surface area contributed by atoms with Gasteiger partial charge in [-0.15, -0.1) is 0 Å². The molecule has 108 valence electrons. The van der Waals surface area contributed by atoms with Gasteiger partial charge in [0.15, 0.2) is 5.12 Å². The van der Waals surface area contributed by atoms with Crippen LogP contribution in [-0.4, -0.2) is 28.9 Å². The van der Waals surface area contributed by atoms with Gasteiger partial charge < -0.3 is 9.72 Å². The highest BCUT2D eigenvalue weighted by atomic mass is 32.2. The first kappa shape index (κ1) is 15.2. The summed E-state index contributed by atoms with van der Waals surface area (Å²) in [7, 11) is 1.35. The third kappa shape index (κ3) is 4.14. The van der Waals surface area contributed by atoms with Gasteiger partial charge in [-0.1, -0.05) is 29.7 Å².